The summed E-state index contributed by atoms with van der Waals surface area (Å²) in [7, 11) is 0. The minimum atomic E-state index is 0.0744. The third-order valence-electron chi connectivity index (χ3n) is 2.76. The Labute approximate surface area is 93.9 Å². The van der Waals surface area contributed by atoms with Crippen molar-refractivity contribution in [3.63, 3.8) is 0 Å². The highest BCUT2D eigenvalue weighted by Gasteiger charge is 2.32. The van der Waals surface area contributed by atoms with Gasteiger partial charge in [0, 0.05) is 10.9 Å². The minimum absolute atomic E-state index is 0.0744. The summed E-state index contributed by atoms with van der Waals surface area (Å²) in [5, 5.41) is 2.07. The van der Waals surface area contributed by atoms with Gasteiger partial charge in [-0.1, -0.05) is 0 Å². The molecule has 0 aromatic carbocycles. The molecule has 0 unspecified atom stereocenters. The van der Waals surface area contributed by atoms with E-state index in [-0.39, 0.29) is 12.5 Å². The second kappa shape index (κ2) is 4.33. The molecule has 1 heterocycles. The van der Waals surface area contributed by atoms with Gasteiger partial charge in [-0.25, -0.2) is 0 Å². The van der Waals surface area contributed by atoms with Gasteiger partial charge in [-0.15, -0.1) is 11.3 Å². The number of carbonyl (C=O) groups is 1. The maximum Gasteiger partial charge on any atom is 0.236 e. The molecule has 15 heavy (non-hydrogen) atoms. The SMILES string of the molecule is Cc1ccsc1CN(C(=O)CN)C1CC1. The highest BCUT2D eigenvalue weighted by atomic mass is 32.1. The topological polar surface area (TPSA) is 46.3 Å². The number of rotatable bonds is 4. The molecule has 0 radical (unpaired) electrons. The lowest BCUT2D eigenvalue weighted by Crippen LogP contribution is -2.37. The van der Waals surface area contributed by atoms with Crippen LogP contribution in [0.15, 0.2) is 11.4 Å². The average Bonchev–Trinajstić information content (AvgIpc) is 2.99. The van der Waals surface area contributed by atoms with E-state index >= 15 is 0 Å². The summed E-state index contributed by atoms with van der Waals surface area (Å²) < 4.78 is 0. The number of aryl methyl sites for hydroxylation is 1. The number of nitrogens with two attached hydrogens (primary N) is 1. The third-order valence-corrected chi connectivity index (χ3v) is 3.77. The molecule has 0 saturated heterocycles. The van der Waals surface area contributed by atoms with Gasteiger partial charge in [0.05, 0.1) is 13.1 Å². The largest absolute Gasteiger partial charge is 0.333 e. The minimum Gasteiger partial charge on any atom is -0.333 e. The Morgan fingerprint density at radius 2 is 2.40 bits per heavy atom. The van der Waals surface area contributed by atoms with Crippen molar-refractivity contribution >= 4 is 17.2 Å². The molecule has 4 heteroatoms. The van der Waals surface area contributed by atoms with Gasteiger partial charge in [-0.2, -0.15) is 0 Å². The van der Waals surface area contributed by atoms with E-state index in [4.69, 9.17) is 5.73 Å². The molecule has 1 saturated carbocycles. The average molecular weight is 224 g/mol. The molecule has 0 bridgehead atoms. The van der Waals surface area contributed by atoms with Crippen LogP contribution in [-0.2, 0) is 11.3 Å². The zero-order valence-corrected chi connectivity index (χ0v) is 9.72. The van der Waals surface area contributed by atoms with E-state index in [0.717, 1.165) is 19.4 Å². The van der Waals surface area contributed by atoms with Gasteiger partial charge in [0.1, 0.15) is 0 Å². The molecule has 1 aliphatic rings. The molecule has 1 aromatic heterocycles. The van der Waals surface area contributed by atoms with Crippen molar-refractivity contribution < 1.29 is 4.79 Å². The van der Waals surface area contributed by atoms with Gasteiger partial charge in [0.15, 0.2) is 0 Å². The highest BCUT2D eigenvalue weighted by molar-refractivity contribution is 7.10. The van der Waals surface area contributed by atoms with Gasteiger partial charge in [0.2, 0.25) is 5.91 Å². The van der Waals surface area contributed by atoms with Gasteiger partial charge in [-0.05, 0) is 36.8 Å². The number of hydrogen-bond acceptors (Lipinski definition) is 3. The molecule has 82 valence electrons. The van der Waals surface area contributed by atoms with E-state index in [1.54, 1.807) is 11.3 Å². The van der Waals surface area contributed by atoms with Crippen LogP contribution in [0.25, 0.3) is 0 Å². The third kappa shape index (κ3) is 2.38. The highest BCUT2D eigenvalue weighted by Crippen LogP contribution is 2.30. The fraction of sp³-hybridized carbons (Fsp3) is 0.545. The zero-order chi connectivity index (χ0) is 10.8. The van der Waals surface area contributed by atoms with Gasteiger partial charge < -0.3 is 10.6 Å². The molecule has 2 rings (SSSR count). The molecular weight excluding hydrogens is 208 g/mol. The number of amides is 1. The van der Waals surface area contributed by atoms with E-state index in [2.05, 4.69) is 18.4 Å². The van der Waals surface area contributed by atoms with Crippen LogP contribution in [-0.4, -0.2) is 23.4 Å². The lowest BCUT2D eigenvalue weighted by Gasteiger charge is -2.21. The first-order chi connectivity index (χ1) is 7.22. The Hall–Kier alpha value is -0.870. The van der Waals surface area contributed by atoms with E-state index in [0.29, 0.717) is 6.04 Å². The Kier molecular flexibility index (Phi) is 3.07. The monoisotopic (exact) mass is 224 g/mol. The molecular formula is C11H16N2OS. The Morgan fingerprint density at radius 3 is 2.87 bits per heavy atom. The standard InChI is InChI=1S/C11H16N2OS/c1-8-4-5-15-10(8)7-13(9-2-3-9)11(14)6-12/h4-5,9H,2-3,6-7,12H2,1H3. The van der Waals surface area contributed by atoms with Crippen LogP contribution >= 0.6 is 11.3 Å². The van der Waals surface area contributed by atoms with Crippen LogP contribution < -0.4 is 5.73 Å². The molecule has 1 amide bonds. The second-order valence-electron chi connectivity index (χ2n) is 3.98. The Bertz CT molecular complexity index is 357. The van der Waals surface area contributed by atoms with Gasteiger partial charge >= 0.3 is 0 Å². The number of hydrogen-bond donors (Lipinski definition) is 1. The number of nitrogens with zero attached hydrogens (tertiary/aromatic N) is 1. The predicted octanol–water partition coefficient (Wildman–Crippen LogP) is 1.51. The quantitative estimate of drug-likeness (QED) is 0.842. The summed E-state index contributed by atoms with van der Waals surface area (Å²) in [6.45, 7) is 2.95. The van der Waals surface area contributed by atoms with E-state index < -0.39 is 0 Å². The molecule has 2 N–H and O–H groups in total. The molecule has 0 atom stereocenters. The van der Waals surface area contributed by atoms with Crippen LogP contribution in [0, 0.1) is 6.92 Å². The normalized spacial score (nSPS) is 15.3. The van der Waals surface area contributed by atoms with Crippen molar-refractivity contribution in [3.05, 3.63) is 21.9 Å². The van der Waals surface area contributed by atoms with E-state index in [1.165, 1.54) is 10.4 Å². The molecule has 3 nitrogen and oxygen atoms in total. The summed E-state index contributed by atoms with van der Waals surface area (Å²) >= 11 is 1.72. The Morgan fingerprint density at radius 1 is 1.67 bits per heavy atom. The van der Waals surface area contributed by atoms with Crippen molar-refractivity contribution in [2.45, 2.75) is 32.4 Å². The molecule has 0 aliphatic heterocycles. The number of carbonyl (C=O) groups excluding carboxylic acids is 1. The van der Waals surface area contributed by atoms with E-state index in [1.807, 2.05) is 4.90 Å². The molecule has 1 aromatic rings. The fourth-order valence-corrected chi connectivity index (χ4v) is 2.55. The van der Waals surface area contributed by atoms with Crippen molar-refractivity contribution in [2.24, 2.45) is 5.73 Å². The van der Waals surface area contributed by atoms with Crippen molar-refractivity contribution in [3.8, 4) is 0 Å². The summed E-state index contributed by atoms with van der Waals surface area (Å²) in [5.74, 6) is 0.0744. The van der Waals surface area contributed by atoms with Crippen LogP contribution in [0.4, 0.5) is 0 Å². The summed E-state index contributed by atoms with van der Waals surface area (Å²) in [5.41, 5.74) is 6.69. The Balaban J connectivity index is 2.06. The summed E-state index contributed by atoms with van der Waals surface area (Å²) in [4.78, 5) is 14.8. The predicted molar refractivity (Wildman–Crippen MR) is 61.7 cm³/mol. The van der Waals surface area contributed by atoms with Gasteiger partial charge in [0.25, 0.3) is 0 Å². The van der Waals surface area contributed by atoms with Crippen LogP contribution in [0.3, 0.4) is 0 Å². The van der Waals surface area contributed by atoms with Crippen molar-refractivity contribution in [1.29, 1.82) is 0 Å². The first kappa shape index (κ1) is 10.6. The first-order valence-corrected chi connectivity index (χ1v) is 6.13. The van der Waals surface area contributed by atoms with Crippen LogP contribution in [0.2, 0.25) is 0 Å². The lowest BCUT2D eigenvalue weighted by atomic mass is 10.2. The maximum atomic E-state index is 11.6. The fourth-order valence-electron chi connectivity index (χ4n) is 1.65. The van der Waals surface area contributed by atoms with Crippen molar-refractivity contribution in [2.75, 3.05) is 6.54 Å². The lowest BCUT2D eigenvalue weighted by molar-refractivity contribution is -0.130. The molecule has 0 spiro atoms. The van der Waals surface area contributed by atoms with Crippen molar-refractivity contribution in [1.82, 2.24) is 4.90 Å². The molecule has 1 fully saturated rings. The maximum absolute atomic E-state index is 11.6. The smallest absolute Gasteiger partial charge is 0.236 e. The second-order valence-corrected chi connectivity index (χ2v) is 4.98. The van der Waals surface area contributed by atoms with Crippen LogP contribution in [0.5, 0.6) is 0 Å². The molecule has 1 aliphatic carbocycles. The zero-order valence-electron chi connectivity index (χ0n) is 8.90. The van der Waals surface area contributed by atoms with Crippen LogP contribution in [0.1, 0.15) is 23.3 Å². The summed E-state index contributed by atoms with van der Waals surface area (Å²) in [6, 6.07) is 2.54. The van der Waals surface area contributed by atoms with Gasteiger partial charge in [-0.3, -0.25) is 4.79 Å². The first-order valence-electron chi connectivity index (χ1n) is 5.25. The van der Waals surface area contributed by atoms with E-state index in [9.17, 15) is 4.79 Å². The summed E-state index contributed by atoms with van der Waals surface area (Å²) in [6.07, 6.45) is 2.27. The number of thiophene rings is 1.